The fourth-order valence-electron chi connectivity index (χ4n) is 1.34. The molecule has 0 spiro atoms. The van der Waals surface area contributed by atoms with Gasteiger partial charge in [0.2, 0.25) is 0 Å². The number of carbonyl (C=O) groups excluding carboxylic acids is 1. The fourth-order valence-corrected chi connectivity index (χ4v) is 1.85. The molecule has 0 aliphatic carbocycles. The van der Waals surface area contributed by atoms with Crippen molar-refractivity contribution in [3.8, 4) is 18.1 Å². The molecule has 0 aliphatic heterocycles. The molecule has 1 aromatic carbocycles. The predicted octanol–water partition coefficient (Wildman–Crippen LogP) is 1.37. The normalized spacial score (nSPS) is 9.56. The van der Waals surface area contributed by atoms with Gasteiger partial charge in [0.15, 0.2) is 0 Å². The summed E-state index contributed by atoms with van der Waals surface area (Å²) in [6.07, 6.45) is 5.12. The Bertz CT molecular complexity index is 455. The van der Waals surface area contributed by atoms with E-state index in [0.29, 0.717) is 29.3 Å². The highest BCUT2D eigenvalue weighted by molar-refractivity contribution is 7.99. The molecule has 0 unspecified atom stereocenters. The zero-order valence-electron chi connectivity index (χ0n) is 10.2. The first-order valence-electron chi connectivity index (χ1n) is 5.41. The van der Waals surface area contributed by atoms with Crippen LogP contribution in [0.3, 0.4) is 0 Å². The zero-order valence-corrected chi connectivity index (χ0v) is 11.0. The van der Waals surface area contributed by atoms with E-state index in [-0.39, 0.29) is 5.91 Å². The van der Waals surface area contributed by atoms with Gasteiger partial charge < -0.3 is 15.8 Å². The summed E-state index contributed by atoms with van der Waals surface area (Å²) in [5.41, 5.74) is 6.68. The number of hydrogen-bond donors (Lipinski definition) is 2. The van der Waals surface area contributed by atoms with Crippen molar-refractivity contribution in [2.24, 2.45) is 0 Å². The van der Waals surface area contributed by atoms with Gasteiger partial charge in [-0.1, -0.05) is 5.92 Å². The van der Waals surface area contributed by atoms with Crippen molar-refractivity contribution in [1.29, 1.82) is 0 Å². The van der Waals surface area contributed by atoms with Crippen LogP contribution in [-0.2, 0) is 0 Å². The SMILES string of the molecule is C#CCSCCNC(=O)c1cc(N)cc(OC)c1. The second-order valence-corrected chi connectivity index (χ2v) is 4.61. The third kappa shape index (κ3) is 4.60. The van der Waals surface area contributed by atoms with Gasteiger partial charge in [-0.25, -0.2) is 0 Å². The smallest absolute Gasteiger partial charge is 0.251 e. The van der Waals surface area contributed by atoms with E-state index in [4.69, 9.17) is 16.9 Å². The summed E-state index contributed by atoms with van der Waals surface area (Å²) in [4.78, 5) is 11.8. The Morgan fingerprint density at radius 3 is 3.00 bits per heavy atom. The van der Waals surface area contributed by atoms with E-state index in [1.807, 2.05) is 0 Å². The van der Waals surface area contributed by atoms with Crippen LogP contribution in [0.25, 0.3) is 0 Å². The summed E-state index contributed by atoms with van der Waals surface area (Å²) in [6, 6.07) is 4.94. The van der Waals surface area contributed by atoms with Crippen LogP contribution in [0.5, 0.6) is 5.75 Å². The lowest BCUT2D eigenvalue weighted by molar-refractivity contribution is 0.0956. The Labute approximate surface area is 111 Å². The fraction of sp³-hybridized carbons (Fsp3) is 0.308. The van der Waals surface area contributed by atoms with E-state index in [1.54, 1.807) is 30.0 Å². The summed E-state index contributed by atoms with van der Waals surface area (Å²) in [5, 5.41) is 2.80. The van der Waals surface area contributed by atoms with Gasteiger partial charge in [0, 0.05) is 29.6 Å². The van der Waals surface area contributed by atoms with E-state index < -0.39 is 0 Å². The van der Waals surface area contributed by atoms with Crippen LogP contribution in [0.4, 0.5) is 5.69 Å². The standard InChI is InChI=1S/C13H16N2O2S/c1-3-5-18-6-4-15-13(16)10-7-11(14)9-12(8-10)17-2/h1,7-9H,4-6,14H2,2H3,(H,15,16). The number of terminal acetylenes is 1. The summed E-state index contributed by atoms with van der Waals surface area (Å²) < 4.78 is 5.06. The minimum absolute atomic E-state index is 0.165. The number of amides is 1. The molecular weight excluding hydrogens is 248 g/mol. The van der Waals surface area contributed by atoms with Crippen molar-refractivity contribution in [2.45, 2.75) is 0 Å². The maximum absolute atomic E-state index is 11.8. The van der Waals surface area contributed by atoms with E-state index in [0.717, 1.165) is 5.75 Å². The van der Waals surface area contributed by atoms with Gasteiger partial charge in [0.25, 0.3) is 5.91 Å². The first kappa shape index (κ1) is 14.3. The molecule has 4 nitrogen and oxygen atoms in total. The second-order valence-electron chi connectivity index (χ2n) is 3.51. The van der Waals surface area contributed by atoms with Gasteiger partial charge >= 0.3 is 0 Å². The molecule has 96 valence electrons. The van der Waals surface area contributed by atoms with Gasteiger partial charge in [0.05, 0.1) is 12.9 Å². The number of anilines is 1. The monoisotopic (exact) mass is 264 g/mol. The van der Waals surface area contributed by atoms with Crippen molar-refractivity contribution in [3.63, 3.8) is 0 Å². The molecule has 0 aromatic heterocycles. The van der Waals surface area contributed by atoms with E-state index >= 15 is 0 Å². The lowest BCUT2D eigenvalue weighted by atomic mass is 10.2. The average Bonchev–Trinajstić information content (AvgIpc) is 2.37. The molecule has 0 aliphatic rings. The molecule has 0 heterocycles. The van der Waals surface area contributed by atoms with Gasteiger partial charge in [-0.2, -0.15) is 0 Å². The maximum Gasteiger partial charge on any atom is 0.251 e. The molecule has 1 rings (SSSR count). The Morgan fingerprint density at radius 1 is 1.56 bits per heavy atom. The average molecular weight is 264 g/mol. The lowest BCUT2D eigenvalue weighted by Gasteiger charge is -2.07. The van der Waals surface area contributed by atoms with Crippen LogP contribution in [0, 0.1) is 12.3 Å². The summed E-state index contributed by atoms with van der Waals surface area (Å²) >= 11 is 1.60. The number of rotatable bonds is 6. The largest absolute Gasteiger partial charge is 0.497 e. The van der Waals surface area contributed by atoms with E-state index in [9.17, 15) is 4.79 Å². The number of methoxy groups -OCH3 is 1. The van der Waals surface area contributed by atoms with E-state index in [2.05, 4.69) is 11.2 Å². The zero-order chi connectivity index (χ0) is 13.4. The molecule has 0 bridgehead atoms. The van der Waals surface area contributed by atoms with Crippen LogP contribution in [0.15, 0.2) is 18.2 Å². The van der Waals surface area contributed by atoms with Crippen molar-refractivity contribution in [3.05, 3.63) is 23.8 Å². The maximum atomic E-state index is 11.8. The van der Waals surface area contributed by atoms with Crippen molar-refractivity contribution < 1.29 is 9.53 Å². The quantitative estimate of drug-likeness (QED) is 0.463. The molecule has 1 aromatic rings. The molecule has 0 saturated carbocycles. The molecule has 5 heteroatoms. The highest BCUT2D eigenvalue weighted by Gasteiger charge is 2.07. The third-order valence-corrected chi connectivity index (χ3v) is 3.01. The van der Waals surface area contributed by atoms with Gasteiger partial charge in [0.1, 0.15) is 5.75 Å². The number of nitrogens with one attached hydrogen (secondary N) is 1. The Kier molecular flexibility index (Phi) is 5.95. The van der Waals surface area contributed by atoms with Crippen LogP contribution in [0.2, 0.25) is 0 Å². The number of benzene rings is 1. The number of carbonyl (C=O) groups is 1. The summed E-state index contributed by atoms with van der Waals surface area (Å²) in [5.74, 6) is 4.38. The van der Waals surface area contributed by atoms with Crippen molar-refractivity contribution in [1.82, 2.24) is 5.32 Å². The Balaban J connectivity index is 2.51. The van der Waals surface area contributed by atoms with Gasteiger partial charge in [-0.05, 0) is 12.1 Å². The van der Waals surface area contributed by atoms with Crippen LogP contribution in [-0.4, -0.2) is 31.1 Å². The number of hydrogen-bond acceptors (Lipinski definition) is 4. The number of nitrogens with two attached hydrogens (primary N) is 1. The first-order valence-corrected chi connectivity index (χ1v) is 6.57. The lowest BCUT2D eigenvalue weighted by Crippen LogP contribution is -2.25. The van der Waals surface area contributed by atoms with Gasteiger partial charge in [-0.15, -0.1) is 18.2 Å². The molecule has 0 fully saturated rings. The molecule has 0 atom stereocenters. The highest BCUT2D eigenvalue weighted by atomic mass is 32.2. The third-order valence-electron chi connectivity index (χ3n) is 2.14. The second kappa shape index (κ2) is 7.51. The minimum Gasteiger partial charge on any atom is -0.497 e. The number of ether oxygens (including phenoxy) is 1. The highest BCUT2D eigenvalue weighted by Crippen LogP contribution is 2.18. The minimum atomic E-state index is -0.165. The summed E-state index contributed by atoms with van der Waals surface area (Å²) in [6.45, 7) is 0.572. The van der Waals surface area contributed by atoms with Crippen LogP contribution < -0.4 is 15.8 Å². The molecule has 3 N–H and O–H groups in total. The molecule has 0 radical (unpaired) electrons. The number of nitrogen functional groups attached to an aromatic ring is 1. The summed E-state index contributed by atoms with van der Waals surface area (Å²) in [7, 11) is 1.53. The predicted molar refractivity (Wildman–Crippen MR) is 75.9 cm³/mol. The number of thioether (sulfide) groups is 1. The Morgan fingerprint density at radius 2 is 2.33 bits per heavy atom. The molecule has 18 heavy (non-hydrogen) atoms. The van der Waals surface area contributed by atoms with Crippen molar-refractivity contribution >= 4 is 23.4 Å². The van der Waals surface area contributed by atoms with Gasteiger partial charge in [-0.3, -0.25) is 4.79 Å². The van der Waals surface area contributed by atoms with Crippen LogP contribution in [0.1, 0.15) is 10.4 Å². The molecule has 0 saturated heterocycles. The van der Waals surface area contributed by atoms with Crippen LogP contribution >= 0.6 is 11.8 Å². The van der Waals surface area contributed by atoms with E-state index in [1.165, 1.54) is 7.11 Å². The molecule has 1 amide bonds. The first-order chi connectivity index (χ1) is 8.67. The van der Waals surface area contributed by atoms with Crippen molar-refractivity contribution in [2.75, 3.05) is 30.9 Å². The molecular formula is C13H16N2O2S. The topological polar surface area (TPSA) is 64.4 Å². The Hall–Kier alpha value is -1.80.